The molecule has 18 heavy (non-hydrogen) atoms. The van der Waals surface area contributed by atoms with E-state index in [1.165, 1.54) is 0 Å². The highest BCUT2D eigenvalue weighted by atomic mass is 35.5. The summed E-state index contributed by atoms with van der Waals surface area (Å²) in [6.45, 7) is 0. The molecule has 0 aliphatic rings. The van der Waals surface area contributed by atoms with Crippen LogP contribution in [0.15, 0.2) is 65.9 Å². The minimum absolute atomic E-state index is 0.0510. The lowest BCUT2D eigenvalue weighted by Crippen LogP contribution is -2.02. The fraction of sp³-hybridized carbons (Fsp3) is 0. The summed E-state index contributed by atoms with van der Waals surface area (Å²) in [4.78, 5) is 11.7. The molecule has 2 aromatic carbocycles. The SMILES string of the molecule is O=C(O/C(Cl)=C\c1ccccc1)c1ccccc1. The summed E-state index contributed by atoms with van der Waals surface area (Å²) in [5, 5.41) is 0.0510. The number of carbonyl (C=O) groups is 1. The van der Waals surface area contributed by atoms with Crippen LogP contribution in [-0.2, 0) is 4.74 Å². The zero-order valence-electron chi connectivity index (χ0n) is 9.55. The average Bonchev–Trinajstić information content (AvgIpc) is 2.40. The second-order valence-corrected chi connectivity index (χ2v) is 3.99. The van der Waals surface area contributed by atoms with E-state index in [1.807, 2.05) is 36.4 Å². The van der Waals surface area contributed by atoms with Crippen LogP contribution in [0.1, 0.15) is 15.9 Å². The van der Waals surface area contributed by atoms with Gasteiger partial charge in [0.05, 0.1) is 5.56 Å². The topological polar surface area (TPSA) is 26.3 Å². The maximum absolute atomic E-state index is 11.7. The van der Waals surface area contributed by atoms with Crippen LogP contribution in [0.5, 0.6) is 0 Å². The first kappa shape index (κ1) is 12.4. The Kier molecular flexibility index (Phi) is 4.15. The number of ether oxygens (including phenoxy) is 1. The maximum atomic E-state index is 11.7. The van der Waals surface area contributed by atoms with Gasteiger partial charge >= 0.3 is 5.97 Å². The van der Waals surface area contributed by atoms with E-state index < -0.39 is 5.97 Å². The van der Waals surface area contributed by atoms with Crippen molar-refractivity contribution in [1.82, 2.24) is 0 Å². The molecule has 0 spiro atoms. The van der Waals surface area contributed by atoms with Gasteiger partial charge in [-0.2, -0.15) is 0 Å². The van der Waals surface area contributed by atoms with E-state index in [0.717, 1.165) is 5.56 Å². The number of rotatable bonds is 3. The molecular weight excluding hydrogens is 248 g/mol. The standard InChI is InChI=1S/C15H11ClO2/c16-14(11-12-7-3-1-4-8-12)18-15(17)13-9-5-2-6-10-13/h1-11H/b14-11-. The second-order valence-electron chi connectivity index (χ2n) is 3.61. The zero-order valence-corrected chi connectivity index (χ0v) is 10.3. The van der Waals surface area contributed by atoms with Gasteiger partial charge in [0.2, 0.25) is 0 Å². The van der Waals surface area contributed by atoms with E-state index in [0.29, 0.717) is 5.56 Å². The quantitative estimate of drug-likeness (QED) is 0.612. The molecule has 2 nitrogen and oxygen atoms in total. The lowest BCUT2D eigenvalue weighted by molar-refractivity contribution is 0.0652. The average molecular weight is 259 g/mol. The van der Waals surface area contributed by atoms with Crippen LogP contribution < -0.4 is 0 Å². The molecule has 0 radical (unpaired) electrons. The van der Waals surface area contributed by atoms with Gasteiger partial charge in [-0.1, -0.05) is 48.5 Å². The molecule has 0 fully saturated rings. The Hall–Kier alpha value is -2.06. The molecule has 0 bridgehead atoms. The van der Waals surface area contributed by atoms with Crippen molar-refractivity contribution >= 4 is 23.6 Å². The Morgan fingerprint density at radius 1 is 0.944 bits per heavy atom. The molecule has 0 aliphatic carbocycles. The van der Waals surface area contributed by atoms with Gasteiger partial charge < -0.3 is 4.74 Å². The number of benzene rings is 2. The molecule has 0 aromatic heterocycles. The van der Waals surface area contributed by atoms with Crippen molar-refractivity contribution in [1.29, 1.82) is 0 Å². The molecular formula is C15H11ClO2. The normalized spacial score (nSPS) is 11.1. The summed E-state index contributed by atoms with van der Waals surface area (Å²) in [6.07, 6.45) is 1.60. The van der Waals surface area contributed by atoms with Crippen molar-refractivity contribution in [2.24, 2.45) is 0 Å². The Morgan fingerprint density at radius 2 is 1.50 bits per heavy atom. The van der Waals surface area contributed by atoms with E-state index in [-0.39, 0.29) is 5.22 Å². The van der Waals surface area contributed by atoms with Crippen LogP contribution in [0.2, 0.25) is 0 Å². The van der Waals surface area contributed by atoms with Crippen molar-refractivity contribution in [3.63, 3.8) is 0 Å². The molecule has 3 heteroatoms. The van der Waals surface area contributed by atoms with E-state index in [2.05, 4.69) is 0 Å². The third-order valence-corrected chi connectivity index (χ3v) is 2.47. The number of hydrogen-bond acceptors (Lipinski definition) is 2. The molecule has 2 aromatic rings. The molecule has 2 rings (SSSR count). The lowest BCUT2D eigenvalue weighted by Gasteiger charge is -2.02. The van der Waals surface area contributed by atoms with Gasteiger partial charge in [-0.05, 0) is 29.3 Å². The highest BCUT2D eigenvalue weighted by molar-refractivity contribution is 6.31. The predicted octanol–water partition coefficient (Wildman–Crippen LogP) is 4.08. The monoisotopic (exact) mass is 258 g/mol. The summed E-state index contributed by atoms with van der Waals surface area (Å²) in [5.41, 5.74) is 1.35. The zero-order chi connectivity index (χ0) is 12.8. The van der Waals surface area contributed by atoms with Crippen molar-refractivity contribution in [2.75, 3.05) is 0 Å². The summed E-state index contributed by atoms with van der Waals surface area (Å²) in [5.74, 6) is -0.465. The van der Waals surface area contributed by atoms with Crippen LogP contribution in [0.3, 0.4) is 0 Å². The minimum Gasteiger partial charge on any atom is -0.410 e. The Balaban J connectivity index is 2.06. The third-order valence-electron chi connectivity index (χ3n) is 2.28. The van der Waals surface area contributed by atoms with Crippen LogP contribution in [0.25, 0.3) is 6.08 Å². The molecule has 0 saturated carbocycles. The first-order valence-electron chi connectivity index (χ1n) is 5.45. The largest absolute Gasteiger partial charge is 0.410 e. The first-order valence-corrected chi connectivity index (χ1v) is 5.83. The second kappa shape index (κ2) is 6.03. The van der Waals surface area contributed by atoms with Crippen LogP contribution in [0.4, 0.5) is 0 Å². The third kappa shape index (κ3) is 3.47. The molecule has 0 amide bonds. The minimum atomic E-state index is -0.465. The van der Waals surface area contributed by atoms with Gasteiger partial charge in [-0.25, -0.2) is 4.79 Å². The van der Waals surface area contributed by atoms with Gasteiger partial charge in [0.1, 0.15) is 0 Å². The van der Waals surface area contributed by atoms with Crippen LogP contribution in [-0.4, -0.2) is 5.97 Å². The van der Waals surface area contributed by atoms with Crippen molar-refractivity contribution in [2.45, 2.75) is 0 Å². The molecule has 0 aliphatic heterocycles. The van der Waals surface area contributed by atoms with E-state index in [4.69, 9.17) is 16.3 Å². The van der Waals surface area contributed by atoms with Crippen LogP contribution >= 0.6 is 11.6 Å². The lowest BCUT2D eigenvalue weighted by atomic mass is 10.2. The van der Waals surface area contributed by atoms with E-state index >= 15 is 0 Å². The number of halogens is 1. The van der Waals surface area contributed by atoms with Crippen molar-refractivity contribution in [3.8, 4) is 0 Å². The fourth-order valence-electron chi connectivity index (χ4n) is 1.43. The molecule has 0 unspecified atom stereocenters. The van der Waals surface area contributed by atoms with Gasteiger partial charge in [-0.15, -0.1) is 0 Å². The highest BCUT2D eigenvalue weighted by Crippen LogP contribution is 2.13. The summed E-state index contributed by atoms with van der Waals surface area (Å²) in [6, 6.07) is 18.1. The molecule has 0 atom stereocenters. The summed E-state index contributed by atoms with van der Waals surface area (Å²) >= 11 is 5.88. The maximum Gasteiger partial charge on any atom is 0.344 e. The molecule has 90 valence electrons. The molecule has 0 heterocycles. The Labute approximate surface area is 110 Å². The van der Waals surface area contributed by atoms with Crippen molar-refractivity contribution < 1.29 is 9.53 Å². The van der Waals surface area contributed by atoms with E-state index in [9.17, 15) is 4.79 Å². The summed E-state index contributed by atoms with van der Waals surface area (Å²) < 4.78 is 5.03. The van der Waals surface area contributed by atoms with E-state index in [1.54, 1.807) is 30.3 Å². The van der Waals surface area contributed by atoms with Gasteiger partial charge in [-0.3, -0.25) is 0 Å². The number of esters is 1. The molecule has 0 N–H and O–H groups in total. The summed E-state index contributed by atoms with van der Waals surface area (Å²) in [7, 11) is 0. The Morgan fingerprint density at radius 3 is 2.11 bits per heavy atom. The number of hydrogen-bond donors (Lipinski definition) is 0. The van der Waals surface area contributed by atoms with Gasteiger partial charge in [0, 0.05) is 6.08 Å². The number of carbonyl (C=O) groups excluding carboxylic acids is 1. The highest BCUT2D eigenvalue weighted by Gasteiger charge is 2.07. The predicted molar refractivity (Wildman–Crippen MR) is 72.1 cm³/mol. The van der Waals surface area contributed by atoms with Crippen LogP contribution in [0, 0.1) is 0 Å². The first-order chi connectivity index (χ1) is 8.75. The van der Waals surface area contributed by atoms with Crippen molar-refractivity contribution in [3.05, 3.63) is 77.0 Å². The fourth-order valence-corrected chi connectivity index (χ4v) is 1.63. The van der Waals surface area contributed by atoms with Gasteiger partial charge in [0.25, 0.3) is 0 Å². The smallest absolute Gasteiger partial charge is 0.344 e. The molecule has 0 saturated heterocycles. The van der Waals surface area contributed by atoms with Gasteiger partial charge in [0.15, 0.2) is 5.22 Å². The Bertz CT molecular complexity index is 547.